The molecule has 0 bridgehead atoms. The van der Waals surface area contributed by atoms with Gasteiger partial charge in [0.2, 0.25) is 0 Å². The van der Waals surface area contributed by atoms with Crippen molar-refractivity contribution >= 4 is 22.4 Å². The topological polar surface area (TPSA) is 67.7 Å². The van der Waals surface area contributed by atoms with Crippen molar-refractivity contribution in [3.8, 4) is 5.75 Å². The number of hydrogen-bond donors (Lipinski definition) is 0. The number of anilines is 1. The smallest absolute Gasteiger partial charge is 0.387 e. The van der Waals surface area contributed by atoms with Gasteiger partial charge in [-0.2, -0.15) is 13.9 Å². The molecule has 0 radical (unpaired) electrons. The lowest BCUT2D eigenvalue weighted by Gasteiger charge is -2.36. The fraction of sp³-hybridized carbons (Fsp3) is 0.318. The van der Waals surface area contributed by atoms with Gasteiger partial charge in [-0.1, -0.05) is 18.2 Å². The van der Waals surface area contributed by atoms with Gasteiger partial charge in [-0.3, -0.25) is 9.59 Å². The van der Waals surface area contributed by atoms with E-state index in [4.69, 9.17) is 0 Å². The van der Waals surface area contributed by atoms with E-state index in [2.05, 4.69) is 9.84 Å². The van der Waals surface area contributed by atoms with Crippen LogP contribution in [0.15, 0.2) is 47.3 Å². The molecule has 1 aromatic heterocycles. The van der Waals surface area contributed by atoms with Crippen molar-refractivity contribution in [2.45, 2.75) is 20.1 Å². The zero-order chi connectivity index (χ0) is 22.8. The Labute approximate surface area is 181 Å². The Hall–Kier alpha value is -3.56. The van der Waals surface area contributed by atoms with Gasteiger partial charge in [-0.25, -0.2) is 9.07 Å². The molecule has 1 amide bonds. The van der Waals surface area contributed by atoms with E-state index in [0.717, 1.165) is 6.07 Å². The van der Waals surface area contributed by atoms with E-state index in [1.807, 2.05) is 0 Å². The standard InChI is InChI=1S/C22H21F3N4O3/c1-2-29-20(30)16-6-4-3-5-15(16)19(26-29)21(31)28-11-9-27(10-12-28)17-8-7-14(23)13-18(17)32-22(24)25/h3-8,13,22H,2,9-12H2,1H3. The zero-order valence-electron chi connectivity index (χ0n) is 17.3. The number of hydrogen-bond acceptors (Lipinski definition) is 5. The molecule has 0 saturated carbocycles. The molecule has 0 N–H and O–H groups in total. The minimum absolute atomic E-state index is 0.194. The van der Waals surface area contributed by atoms with Crippen molar-refractivity contribution < 1.29 is 22.7 Å². The minimum Gasteiger partial charge on any atom is -0.433 e. The molecule has 4 rings (SSSR count). The molecule has 1 fully saturated rings. The number of alkyl halides is 2. The highest BCUT2D eigenvalue weighted by molar-refractivity contribution is 6.04. The Balaban J connectivity index is 1.57. The van der Waals surface area contributed by atoms with Crippen LogP contribution >= 0.6 is 0 Å². The first-order valence-electron chi connectivity index (χ1n) is 10.2. The zero-order valence-corrected chi connectivity index (χ0v) is 17.3. The third-order valence-electron chi connectivity index (χ3n) is 5.42. The Morgan fingerprint density at radius 3 is 2.44 bits per heavy atom. The monoisotopic (exact) mass is 446 g/mol. The summed E-state index contributed by atoms with van der Waals surface area (Å²) in [5.41, 5.74) is 0.272. The van der Waals surface area contributed by atoms with Crippen molar-refractivity contribution in [2.75, 3.05) is 31.1 Å². The maximum atomic E-state index is 13.5. The SMILES string of the molecule is CCn1nc(C(=O)N2CCN(c3ccc(F)cc3OC(F)F)CC2)c2ccccc2c1=O. The van der Waals surface area contributed by atoms with Crippen LogP contribution in [-0.2, 0) is 6.54 Å². The van der Waals surface area contributed by atoms with Crippen molar-refractivity contribution in [1.82, 2.24) is 14.7 Å². The summed E-state index contributed by atoms with van der Waals surface area (Å²) in [6.45, 7) is 0.293. The van der Waals surface area contributed by atoms with Crippen LogP contribution in [0.3, 0.4) is 0 Å². The van der Waals surface area contributed by atoms with Crippen molar-refractivity contribution in [1.29, 1.82) is 0 Å². The summed E-state index contributed by atoms with van der Waals surface area (Å²) in [4.78, 5) is 29.1. The van der Waals surface area contributed by atoms with Crippen LogP contribution in [0.5, 0.6) is 5.75 Å². The normalized spacial score (nSPS) is 14.3. The van der Waals surface area contributed by atoms with Crippen LogP contribution in [0.2, 0.25) is 0 Å². The molecule has 1 saturated heterocycles. The second-order valence-corrected chi connectivity index (χ2v) is 7.28. The lowest BCUT2D eigenvalue weighted by molar-refractivity contribution is -0.0496. The van der Waals surface area contributed by atoms with Gasteiger partial charge >= 0.3 is 6.61 Å². The molecule has 32 heavy (non-hydrogen) atoms. The molecule has 1 aliphatic heterocycles. The van der Waals surface area contributed by atoms with Gasteiger partial charge in [-0.15, -0.1) is 0 Å². The molecule has 0 spiro atoms. The summed E-state index contributed by atoms with van der Waals surface area (Å²) in [5.74, 6) is -1.24. The number of halogens is 3. The number of aromatic nitrogens is 2. The first-order valence-corrected chi connectivity index (χ1v) is 10.2. The summed E-state index contributed by atoms with van der Waals surface area (Å²) in [5, 5.41) is 5.19. The molecular formula is C22H21F3N4O3. The van der Waals surface area contributed by atoms with Gasteiger partial charge in [-0.05, 0) is 25.1 Å². The van der Waals surface area contributed by atoms with Gasteiger partial charge in [0.25, 0.3) is 11.5 Å². The highest BCUT2D eigenvalue weighted by Gasteiger charge is 2.27. The fourth-order valence-corrected chi connectivity index (χ4v) is 3.85. The number of carbonyl (C=O) groups is 1. The third-order valence-corrected chi connectivity index (χ3v) is 5.42. The van der Waals surface area contributed by atoms with Crippen molar-refractivity contribution in [2.24, 2.45) is 0 Å². The second kappa shape index (κ2) is 8.89. The van der Waals surface area contributed by atoms with E-state index in [-0.39, 0.29) is 22.9 Å². The average molecular weight is 446 g/mol. The third kappa shape index (κ3) is 4.12. The number of rotatable bonds is 5. The van der Waals surface area contributed by atoms with Gasteiger partial charge in [0, 0.05) is 44.2 Å². The summed E-state index contributed by atoms with van der Waals surface area (Å²) in [7, 11) is 0. The summed E-state index contributed by atoms with van der Waals surface area (Å²) in [6.07, 6.45) is 0. The number of fused-ring (bicyclic) bond motifs is 1. The van der Waals surface area contributed by atoms with E-state index < -0.39 is 12.4 Å². The molecule has 2 aromatic carbocycles. The number of piperazine rings is 1. The minimum atomic E-state index is -3.08. The van der Waals surface area contributed by atoms with Crippen LogP contribution in [0.4, 0.5) is 18.9 Å². The van der Waals surface area contributed by atoms with Crippen LogP contribution in [-0.4, -0.2) is 53.4 Å². The van der Waals surface area contributed by atoms with E-state index in [0.29, 0.717) is 49.2 Å². The van der Waals surface area contributed by atoms with E-state index >= 15 is 0 Å². The molecule has 7 nitrogen and oxygen atoms in total. The molecule has 0 aliphatic carbocycles. The summed E-state index contributed by atoms with van der Waals surface area (Å²) in [6, 6.07) is 10.3. The predicted molar refractivity (Wildman–Crippen MR) is 113 cm³/mol. The maximum absolute atomic E-state index is 13.5. The largest absolute Gasteiger partial charge is 0.433 e. The molecule has 0 unspecified atom stereocenters. The van der Waals surface area contributed by atoms with Gasteiger partial charge in [0.05, 0.1) is 11.1 Å². The van der Waals surface area contributed by atoms with E-state index in [9.17, 15) is 22.8 Å². The van der Waals surface area contributed by atoms with Crippen molar-refractivity contribution in [3.05, 3.63) is 64.3 Å². The lowest BCUT2D eigenvalue weighted by atomic mass is 10.1. The lowest BCUT2D eigenvalue weighted by Crippen LogP contribution is -2.49. The number of benzene rings is 2. The maximum Gasteiger partial charge on any atom is 0.387 e. The van der Waals surface area contributed by atoms with Gasteiger partial charge < -0.3 is 14.5 Å². The first-order chi connectivity index (χ1) is 15.4. The number of nitrogens with zero attached hydrogens (tertiary/aromatic N) is 4. The Morgan fingerprint density at radius 2 is 1.78 bits per heavy atom. The Bertz CT molecular complexity index is 1210. The molecule has 3 aromatic rings. The Kier molecular flexibility index (Phi) is 6.02. The van der Waals surface area contributed by atoms with Crippen LogP contribution in [0.25, 0.3) is 10.8 Å². The van der Waals surface area contributed by atoms with E-state index in [1.165, 1.54) is 16.8 Å². The van der Waals surface area contributed by atoms with Crippen molar-refractivity contribution in [3.63, 3.8) is 0 Å². The van der Waals surface area contributed by atoms with Crippen LogP contribution in [0, 0.1) is 5.82 Å². The molecule has 1 aliphatic rings. The van der Waals surface area contributed by atoms with Crippen LogP contribution < -0.4 is 15.2 Å². The van der Waals surface area contributed by atoms with Gasteiger partial charge in [0.1, 0.15) is 5.82 Å². The average Bonchev–Trinajstić information content (AvgIpc) is 2.79. The van der Waals surface area contributed by atoms with E-state index in [1.54, 1.807) is 41.0 Å². The van der Waals surface area contributed by atoms with Crippen LogP contribution in [0.1, 0.15) is 17.4 Å². The summed E-state index contributed by atoms with van der Waals surface area (Å²) < 4.78 is 44.7. The second-order valence-electron chi connectivity index (χ2n) is 7.28. The molecular weight excluding hydrogens is 425 g/mol. The number of carbonyl (C=O) groups excluding carboxylic acids is 1. The number of ether oxygens (including phenoxy) is 1. The molecule has 10 heteroatoms. The Morgan fingerprint density at radius 1 is 1.09 bits per heavy atom. The highest BCUT2D eigenvalue weighted by atomic mass is 19.3. The van der Waals surface area contributed by atoms with Gasteiger partial charge in [0.15, 0.2) is 11.4 Å². The highest BCUT2D eigenvalue weighted by Crippen LogP contribution is 2.31. The molecule has 2 heterocycles. The summed E-state index contributed by atoms with van der Waals surface area (Å²) >= 11 is 0. The quantitative estimate of drug-likeness (QED) is 0.603. The molecule has 0 atom stereocenters. The number of aryl methyl sites for hydroxylation is 1. The molecule has 168 valence electrons. The number of amides is 1. The first kappa shape index (κ1) is 21.7. The fourth-order valence-electron chi connectivity index (χ4n) is 3.85. The predicted octanol–water partition coefficient (Wildman–Crippen LogP) is 3.12.